The van der Waals surface area contributed by atoms with Crippen molar-refractivity contribution in [2.45, 2.75) is 0 Å². The molecule has 0 bridgehead atoms. The number of furan rings is 1. The summed E-state index contributed by atoms with van der Waals surface area (Å²) >= 11 is 3.12. The number of hydrogen-bond donors (Lipinski definition) is 2. The van der Waals surface area contributed by atoms with Crippen LogP contribution >= 0.6 is 15.9 Å². The van der Waals surface area contributed by atoms with Crippen molar-refractivity contribution < 1.29 is 18.7 Å². The summed E-state index contributed by atoms with van der Waals surface area (Å²) in [6, 6.07) is 20.8. The molecule has 0 unspecified atom stereocenters. The molecule has 0 saturated heterocycles. The normalized spacial score (nSPS) is 10.3. The molecule has 144 valence electrons. The van der Waals surface area contributed by atoms with E-state index in [1.54, 1.807) is 6.07 Å². The summed E-state index contributed by atoms with van der Waals surface area (Å²) in [6.07, 6.45) is 0. The number of halogens is 1. The topological polar surface area (TPSA) is 80.6 Å². The maximum absolute atomic E-state index is 11.9. The van der Waals surface area contributed by atoms with Crippen LogP contribution in [-0.4, -0.2) is 31.5 Å². The van der Waals surface area contributed by atoms with Crippen LogP contribution in [0.25, 0.3) is 11.1 Å². The van der Waals surface area contributed by atoms with Crippen molar-refractivity contribution in [3.8, 4) is 16.9 Å². The van der Waals surface area contributed by atoms with E-state index in [2.05, 4.69) is 26.6 Å². The highest BCUT2D eigenvalue weighted by molar-refractivity contribution is 9.10. The maximum atomic E-state index is 11.9. The second-order valence-corrected chi connectivity index (χ2v) is 6.63. The van der Waals surface area contributed by atoms with Gasteiger partial charge in [0.25, 0.3) is 5.91 Å². The highest BCUT2D eigenvalue weighted by Gasteiger charge is 2.11. The molecular weight excluding hydrogens is 424 g/mol. The van der Waals surface area contributed by atoms with E-state index in [-0.39, 0.29) is 18.2 Å². The lowest BCUT2D eigenvalue weighted by molar-refractivity contribution is -0.120. The van der Waals surface area contributed by atoms with E-state index in [0.717, 1.165) is 16.9 Å². The fourth-order valence-corrected chi connectivity index (χ4v) is 2.85. The van der Waals surface area contributed by atoms with E-state index in [1.807, 2.05) is 54.6 Å². The Morgan fingerprint density at radius 3 is 2.43 bits per heavy atom. The molecule has 3 aromatic rings. The van der Waals surface area contributed by atoms with E-state index >= 15 is 0 Å². The van der Waals surface area contributed by atoms with Crippen molar-refractivity contribution in [1.29, 1.82) is 0 Å². The molecule has 3 rings (SSSR count). The zero-order valence-corrected chi connectivity index (χ0v) is 16.6. The molecule has 0 atom stereocenters. The molecule has 0 aliphatic heterocycles. The molecule has 2 aromatic carbocycles. The van der Waals surface area contributed by atoms with Crippen molar-refractivity contribution in [1.82, 2.24) is 10.6 Å². The van der Waals surface area contributed by atoms with Gasteiger partial charge in [-0.1, -0.05) is 48.5 Å². The Bertz CT molecular complexity index is 940. The van der Waals surface area contributed by atoms with Gasteiger partial charge < -0.3 is 19.8 Å². The standard InChI is InChI=1S/C21H19BrN2O4/c22-19-11-10-18(28-19)21(26)24-14-20(25)23-12-13-27-17-9-5-4-8-16(17)15-6-2-1-3-7-15/h1-11H,12-14H2,(H,23,25)(H,24,26). The van der Waals surface area contributed by atoms with Crippen LogP contribution < -0.4 is 15.4 Å². The molecule has 2 N–H and O–H groups in total. The number of ether oxygens (including phenoxy) is 1. The Morgan fingerprint density at radius 1 is 0.929 bits per heavy atom. The van der Waals surface area contributed by atoms with E-state index < -0.39 is 5.91 Å². The second-order valence-electron chi connectivity index (χ2n) is 5.85. The zero-order chi connectivity index (χ0) is 19.8. The number of para-hydroxylation sites is 1. The zero-order valence-electron chi connectivity index (χ0n) is 15.0. The van der Waals surface area contributed by atoms with Gasteiger partial charge in [-0.2, -0.15) is 0 Å². The first-order valence-electron chi connectivity index (χ1n) is 8.71. The minimum atomic E-state index is -0.450. The summed E-state index contributed by atoms with van der Waals surface area (Å²) in [5, 5.41) is 5.20. The first-order chi connectivity index (χ1) is 13.6. The van der Waals surface area contributed by atoms with Crippen LogP contribution in [0.4, 0.5) is 0 Å². The predicted molar refractivity (Wildman–Crippen MR) is 109 cm³/mol. The molecule has 6 nitrogen and oxygen atoms in total. The van der Waals surface area contributed by atoms with Crippen LogP contribution in [0, 0.1) is 0 Å². The minimum Gasteiger partial charge on any atom is -0.491 e. The highest BCUT2D eigenvalue weighted by Crippen LogP contribution is 2.29. The fraction of sp³-hybridized carbons (Fsp3) is 0.143. The van der Waals surface area contributed by atoms with Crippen molar-refractivity contribution in [3.05, 3.63) is 77.2 Å². The lowest BCUT2D eigenvalue weighted by atomic mass is 10.1. The molecule has 0 spiro atoms. The number of nitrogens with one attached hydrogen (secondary N) is 2. The smallest absolute Gasteiger partial charge is 0.287 e. The third-order valence-electron chi connectivity index (χ3n) is 3.86. The van der Waals surface area contributed by atoms with E-state index in [9.17, 15) is 9.59 Å². The Morgan fingerprint density at radius 2 is 1.68 bits per heavy atom. The first-order valence-corrected chi connectivity index (χ1v) is 9.50. The van der Waals surface area contributed by atoms with Gasteiger partial charge in [-0.25, -0.2) is 0 Å². The van der Waals surface area contributed by atoms with Gasteiger partial charge in [-0.15, -0.1) is 0 Å². The molecule has 0 saturated carbocycles. The molecule has 1 aromatic heterocycles. The first kappa shape index (κ1) is 19.7. The highest BCUT2D eigenvalue weighted by atomic mass is 79.9. The number of benzene rings is 2. The largest absolute Gasteiger partial charge is 0.491 e. The maximum Gasteiger partial charge on any atom is 0.287 e. The van der Waals surface area contributed by atoms with Crippen LogP contribution in [0.1, 0.15) is 10.6 Å². The minimum absolute atomic E-state index is 0.139. The number of rotatable bonds is 8. The van der Waals surface area contributed by atoms with Crippen LogP contribution in [0.5, 0.6) is 5.75 Å². The summed E-state index contributed by atoms with van der Waals surface area (Å²) in [5.41, 5.74) is 2.06. The van der Waals surface area contributed by atoms with Crippen LogP contribution in [-0.2, 0) is 4.79 Å². The van der Waals surface area contributed by atoms with Gasteiger partial charge in [0.05, 0.1) is 13.1 Å². The second kappa shape index (κ2) is 9.75. The van der Waals surface area contributed by atoms with E-state index in [1.165, 1.54) is 6.07 Å². The summed E-state index contributed by atoms with van der Waals surface area (Å²) in [6.45, 7) is 0.497. The van der Waals surface area contributed by atoms with Gasteiger partial charge >= 0.3 is 0 Å². The SMILES string of the molecule is O=C(CNC(=O)c1ccc(Br)o1)NCCOc1ccccc1-c1ccccc1. The lowest BCUT2D eigenvalue weighted by Gasteiger charge is -2.12. The molecular formula is C21H19BrN2O4. The van der Waals surface area contributed by atoms with Crippen LogP contribution in [0.2, 0.25) is 0 Å². The third-order valence-corrected chi connectivity index (χ3v) is 4.29. The van der Waals surface area contributed by atoms with Gasteiger partial charge in [0.1, 0.15) is 12.4 Å². The number of hydrogen-bond acceptors (Lipinski definition) is 4. The summed E-state index contributed by atoms with van der Waals surface area (Å²) < 4.78 is 11.4. The predicted octanol–water partition coefficient (Wildman–Crippen LogP) is 3.63. The average molecular weight is 443 g/mol. The molecule has 0 radical (unpaired) electrons. The summed E-state index contributed by atoms with van der Waals surface area (Å²) in [5.74, 6) is 0.132. The van der Waals surface area contributed by atoms with Gasteiger partial charge in [0, 0.05) is 5.56 Å². The van der Waals surface area contributed by atoms with E-state index in [0.29, 0.717) is 17.8 Å². The summed E-state index contributed by atoms with van der Waals surface area (Å²) in [7, 11) is 0. The molecule has 7 heteroatoms. The van der Waals surface area contributed by atoms with Gasteiger partial charge in [0.15, 0.2) is 10.4 Å². The van der Waals surface area contributed by atoms with Crippen molar-refractivity contribution in [2.75, 3.05) is 19.7 Å². The number of carbonyl (C=O) groups excluding carboxylic acids is 2. The molecule has 0 fully saturated rings. The lowest BCUT2D eigenvalue weighted by Crippen LogP contribution is -2.38. The average Bonchev–Trinajstić information content (AvgIpc) is 3.17. The number of carbonyl (C=O) groups is 2. The summed E-state index contributed by atoms with van der Waals surface area (Å²) in [4.78, 5) is 23.7. The number of amides is 2. The molecule has 1 heterocycles. The Labute approximate surface area is 171 Å². The van der Waals surface area contributed by atoms with Crippen LogP contribution in [0.3, 0.4) is 0 Å². The Hall–Kier alpha value is -3.06. The molecule has 2 amide bonds. The van der Waals surface area contributed by atoms with Gasteiger partial charge in [-0.05, 0) is 39.7 Å². The van der Waals surface area contributed by atoms with Crippen molar-refractivity contribution in [3.63, 3.8) is 0 Å². The monoisotopic (exact) mass is 442 g/mol. The molecule has 0 aliphatic carbocycles. The Balaban J connectivity index is 1.42. The quantitative estimate of drug-likeness (QED) is 0.521. The van der Waals surface area contributed by atoms with Crippen molar-refractivity contribution >= 4 is 27.7 Å². The molecule has 28 heavy (non-hydrogen) atoms. The third kappa shape index (κ3) is 5.47. The molecule has 0 aliphatic rings. The van der Waals surface area contributed by atoms with Gasteiger partial charge in [0.2, 0.25) is 5.91 Å². The van der Waals surface area contributed by atoms with Crippen molar-refractivity contribution in [2.24, 2.45) is 0 Å². The van der Waals surface area contributed by atoms with Crippen LogP contribution in [0.15, 0.2) is 75.8 Å². The fourth-order valence-electron chi connectivity index (χ4n) is 2.55. The Kier molecular flexibility index (Phi) is 6.86. The van der Waals surface area contributed by atoms with E-state index in [4.69, 9.17) is 9.15 Å². The van der Waals surface area contributed by atoms with Gasteiger partial charge in [-0.3, -0.25) is 9.59 Å².